The van der Waals surface area contributed by atoms with Gasteiger partial charge in [-0.1, -0.05) is 47.1 Å². The number of aromatic nitrogens is 4. The Labute approximate surface area is 189 Å². The topological polar surface area (TPSA) is 72.7 Å². The molecule has 1 N–H and O–H groups in total. The molecule has 2 aromatic carbocycles. The Kier molecular flexibility index (Phi) is 6.34. The molecule has 8 heteroatoms. The maximum absolute atomic E-state index is 12.8. The van der Waals surface area contributed by atoms with Crippen LogP contribution in [0.25, 0.3) is 17.1 Å². The number of amides is 1. The number of nitrogens with zero attached hydrogens (tertiary/aromatic N) is 4. The van der Waals surface area contributed by atoms with Gasteiger partial charge in [-0.15, -0.1) is 10.2 Å². The minimum absolute atomic E-state index is 0.142. The van der Waals surface area contributed by atoms with Crippen molar-refractivity contribution in [1.82, 2.24) is 19.7 Å². The summed E-state index contributed by atoms with van der Waals surface area (Å²) in [6.07, 6.45) is 3.44. The van der Waals surface area contributed by atoms with E-state index in [4.69, 9.17) is 11.6 Å². The Hall–Kier alpha value is -3.16. The Morgan fingerprint density at radius 3 is 2.52 bits per heavy atom. The molecule has 2 aromatic heterocycles. The van der Waals surface area contributed by atoms with Crippen molar-refractivity contribution in [3.05, 3.63) is 83.6 Å². The van der Waals surface area contributed by atoms with Gasteiger partial charge in [0, 0.05) is 34.4 Å². The molecule has 4 aromatic rings. The predicted octanol–water partition coefficient (Wildman–Crippen LogP) is 5.41. The van der Waals surface area contributed by atoms with Gasteiger partial charge in [-0.25, -0.2) is 0 Å². The Morgan fingerprint density at radius 1 is 1.06 bits per heavy atom. The lowest BCUT2D eigenvalue weighted by Gasteiger charge is -2.14. The largest absolute Gasteiger partial charge is 0.325 e. The summed E-state index contributed by atoms with van der Waals surface area (Å²) < 4.78 is 1.96. The van der Waals surface area contributed by atoms with Crippen molar-refractivity contribution in [2.75, 3.05) is 5.32 Å². The molecule has 0 saturated carbocycles. The average Bonchev–Trinajstić information content (AvgIpc) is 3.18. The highest BCUT2D eigenvalue weighted by molar-refractivity contribution is 8.00. The van der Waals surface area contributed by atoms with Gasteiger partial charge in [-0.3, -0.25) is 14.3 Å². The molecule has 1 atom stereocenters. The molecule has 0 aliphatic rings. The van der Waals surface area contributed by atoms with Crippen molar-refractivity contribution in [2.45, 2.75) is 24.3 Å². The number of hydrogen-bond acceptors (Lipinski definition) is 5. The van der Waals surface area contributed by atoms with Gasteiger partial charge in [0.05, 0.1) is 5.25 Å². The van der Waals surface area contributed by atoms with Crippen LogP contribution in [0.3, 0.4) is 0 Å². The van der Waals surface area contributed by atoms with Gasteiger partial charge in [0.25, 0.3) is 0 Å². The quantitative estimate of drug-likeness (QED) is 0.398. The summed E-state index contributed by atoms with van der Waals surface area (Å²) in [6, 6.07) is 19.0. The highest BCUT2D eigenvalue weighted by Crippen LogP contribution is 2.30. The molecule has 0 saturated heterocycles. The monoisotopic (exact) mass is 449 g/mol. The number of halogens is 1. The van der Waals surface area contributed by atoms with Crippen molar-refractivity contribution in [3.63, 3.8) is 0 Å². The molecule has 0 aliphatic carbocycles. The molecular weight excluding hydrogens is 430 g/mol. The number of rotatable bonds is 6. The van der Waals surface area contributed by atoms with E-state index in [0.29, 0.717) is 21.7 Å². The number of carbonyl (C=O) groups is 1. The van der Waals surface area contributed by atoms with Crippen LogP contribution in [-0.4, -0.2) is 30.9 Å². The first kappa shape index (κ1) is 21.1. The van der Waals surface area contributed by atoms with Gasteiger partial charge < -0.3 is 5.32 Å². The number of nitrogens with one attached hydrogen (secondary N) is 1. The fourth-order valence-corrected chi connectivity index (χ4v) is 4.04. The SMILES string of the molecule is Cc1ccc(-n2c(S[C@@H](C)C(=O)Nc3cccc(Cl)c3)nnc2-c2ccncc2)cc1. The molecule has 31 heavy (non-hydrogen) atoms. The van der Waals surface area contributed by atoms with Crippen LogP contribution in [0.1, 0.15) is 12.5 Å². The molecule has 0 unspecified atom stereocenters. The van der Waals surface area contributed by atoms with Crippen LogP contribution in [0, 0.1) is 6.92 Å². The fourth-order valence-electron chi connectivity index (χ4n) is 2.98. The van der Waals surface area contributed by atoms with Gasteiger partial charge >= 0.3 is 0 Å². The summed E-state index contributed by atoms with van der Waals surface area (Å²) in [5.74, 6) is 0.549. The van der Waals surface area contributed by atoms with Gasteiger partial charge in [0.1, 0.15) is 0 Å². The first-order valence-corrected chi connectivity index (χ1v) is 10.9. The van der Waals surface area contributed by atoms with E-state index in [2.05, 4.69) is 20.5 Å². The minimum atomic E-state index is -0.405. The number of aryl methyl sites for hydroxylation is 1. The molecule has 2 heterocycles. The first-order chi connectivity index (χ1) is 15.0. The lowest BCUT2D eigenvalue weighted by molar-refractivity contribution is -0.115. The number of benzene rings is 2. The fraction of sp³-hybridized carbons (Fsp3) is 0.130. The Balaban J connectivity index is 1.64. The van der Waals surface area contributed by atoms with Gasteiger partial charge in [0.2, 0.25) is 5.91 Å². The van der Waals surface area contributed by atoms with Gasteiger partial charge in [-0.05, 0) is 56.3 Å². The number of hydrogen-bond donors (Lipinski definition) is 1. The first-order valence-electron chi connectivity index (χ1n) is 9.67. The second-order valence-corrected chi connectivity index (χ2v) is 8.72. The molecule has 0 aliphatic heterocycles. The van der Waals surface area contributed by atoms with Crippen molar-refractivity contribution in [1.29, 1.82) is 0 Å². The molecule has 0 spiro atoms. The summed E-state index contributed by atoms with van der Waals surface area (Å²) in [4.78, 5) is 16.8. The molecule has 0 radical (unpaired) electrons. The average molecular weight is 450 g/mol. The third-order valence-electron chi connectivity index (χ3n) is 4.61. The van der Waals surface area contributed by atoms with E-state index < -0.39 is 5.25 Å². The van der Waals surface area contributed by atoms with Crippen LogP contribution >= 0.6 is 23.4 Å². The second kappa shape index (κ2) is 9.32. The van der Waals surface area contributed by atoms with Crippen molar-refractivity contribution < 1.29 is 4.79 Å². The number of pyridine rings is 1. The van der Waals surface area contributed by atoms with E-state index >= 15 is 0 Å². The smallest absolute Gasteiger partial charge is 0.237 e. The highest BCUT2D eigenvalue weighted by Gasteiger charge is 2.22. The maximum Gasteiger partial charge on any atom is 0.237 e. The summed E-state index contributed by atoms with van der Waals surface area (Å²) in [5.41, 5.74) is 3.63. The van der Waals surface area contributed by atoms with E-state index in [1.807, 2.05) is 54.8 Å². The van der Waals surface area contributed by atoms with Crippen LogP contribution in [0.2, 0.25) is 5.02 Å². The zero-order valence-corrected chi connectivity index (χ0v) is 18.6. The molecule has 4 rings (SSSR count). The predicted molar refractivity (Wildman–Crippen MR) is 125 cm³/mol. The Bertz CT molecular complexity index is 1190. The third kappa shape index (κ3) is 4.95. The third-order valence-corrected chi connectivity index (χ3v) is 5.89. The summed E-state index contributed by atoms with van der Waals surface area (Å²) in [7, 11) is 0. The normalized spacial score (nSPS) is 11.8. The molecule has 1 amide bonds. The van der Waals surface area contributed by atoms with E-state index in [1.54, 1.807) is 36.7 Å². The Morgan fingerprint density at radius 2 is 1.81 bits per heavy atom. The number of thioether (sulfide) groups is 1. The van der Waals surface area contributed by atoms with E-state index in [-0.39, 0.29) is 5.91 Å². The summed E-state index contributed by atoms with van der Waals surface area (Å²) in [5, 5.41) is 12.5. The standard InChI is InChI=1S/C23H20ClN5OS/c1-15-6-8-20(9-7-15)29-21(17-10-12-25-13-11-17)27-28-23(29)31-16(2)22(30)26-19-5-3-4-18(24)14-19/h3-14,16H,1-2H3,(H,26,30)/t16-/m0/s1. The van der Waals surface area contributed by atoms with Crippen LogP contribution in [-0.2, 0) is 4.79 Å². The van der Waals surface area contributed by atoms with Gasteiger partial charge in [0.15, 0.2) is 11.0 Å². The lowest BCUT2D eigenvalue weighted by Crippen LogP contribution is -2.22. The van der Waals surface area contributed by atoms with Crippen molar-refractivity contribution in [2.24, 2.45) is 0 Å². The molecule has 6 nitrogen and oxygen atoms in total. The van der Waals surface area contributed by atoms with E-state index in [0.717, 1.165) is 16.8 Å². The molecule has 0 bridgehead atoms. The second-order valence-electron chi connectivity index (χ2n) is 6.97. The maximum atomic E-state index is 12.8. The van der Waals surface area contributed by atoms with Crippen LogP contribution < -0.4 is 5.32 Å². The zero-order chi connectivity index (χ0) is 21.8. The lowest BCUT2D eigenvalue weighted by atomic mass is 10.2. The molecular formula is C23H20ClN5OS. The molecule has 0 fully saturated rings. The van der Waals surface area contributed by atoms with Crippen LogP contribution in [0.5, 0.6) is 0 Å². The van der Waals surface area contributed by atoms with E-state index in [1.165, 1.54) is 11.8 Å². The van der Waals surface area contributed by atoms with Gasteiger partial charge in [-0.2, -0.15) is 0 Å². The number of anilines is 1. The van der Waals surface area contributed by atoms with E-state index in [9.17, 15) is 4.79 Å². The van der Waals surface area contributed by atoms with Crippen LogP contribution in [0.15, 0.2) is 78.2 Å². The van der Waals surface area contributed by atoms with Crippen molar-refractivity contribution >= 4 is 35.0 Å². The minimum Gasteiger partial charge on any atom is -0.325 e. The number of carbonyl (C=O) groups excluding carboxylic acids is 1. The summed E-state index contributed by atoms with van der Waals surface area (Å²) in [6.45, 7) is 3.88. The van der Waals surface area contributed by atoms with Crippen molar-refractivity contribution in [3.8, 4) is 17.1 Å². The highest BCUT2D eigenvalue weighted by atomic mass is 35.5. The van der Waals surface area contributed by atoms with Crippen LogP contribution in [0.4, 0.5) is 5.69 Å². The zero-order valence-electron chi connectivity index (χ0n) is 17.0. The summed E-state index contributed by atoms with van der Waals surface area (Å²) >= 11 is 7.36. The molecule has 156 valence electrons.